The van der Waals surface area contributed by atoms with Gasteiger partial charge in [-0.15, -0.1) is 0 Å². The number of pyridine rings is 1. The highest BCUT2D eigenvalue weighted by Gasteiger charge is 2.19. The molecule has 1 saturated heterocycles. The Morgan fingerprint density at radius 1 is 1.41 bits per heavy atom. The second-order valence-electron chi connectivity index (χ2n) is 4.64. The van der Waals surface area contributed by atoms with Crippen molar-refractivity contribution in [2.75, 3.05) is 23.7 Å². The summed E-state index contributed by atoms with van der Waals surface area (Å²) in [7, 11) is 0. The van der Waals surface area contributed by atoms with Crippen LogP contribution in [0, 0.1) is 5.92 Å². The second-order valence-corrected chi connectivity index (χ2v) is 4.64. The fraction of sp³-hybridized carbons (Fsp3) is 0.500. The second kappa shape index (κ2) is 4.61. The van der Waals surface area contributed by atoms with Gasteiger partial charge in [0.05, 0.1) is 5.69 Å². The molecule has 1 aliphatic rings. The zero-order valence-electron chi connectivity index (χ0n) is 10.0. The number of nitrogens with zero attached hydrogens (tertiary/aromatic N) is 2. The normalized spacial score (nSPS) is 17.1. The van der Waals surface area contributed by atoms with Gasteiger partial charge in [0.15, 0.2) is 5.82 Å². The summed E-state index contributed by atoms with van der Waals surface area (Å²) < 4.78 is 0. The third-order valence-electron chi connectivity index (χ3n) is 3.24. The van der Waals surface area contributed by atoms with Crippen LogP contribution in [0.2, 0.25) is 0 Å². The lowest BCUT2D eigenvalue weighted by molar-refractivity contribution is 0.0995. The highest BCUT2D eigenvalue weighted by molar-refractivity contribution is 5.91. The topological polar surface area (TPSA) is 85.2 Å². The van der Waals surface area contributed by atoms with Gasteiger partial charge in [0.1, 0.15) is 5.69 Å². The summed E-state index contributed by atoms with van der Waals surface area (Å²) in [6.07, 6.45) is 2.25. The Labute approximate surface area is 101 Å². The van der Waals surface area contributed by atoms with Crippen LogP contribution in [0.25, 0.3) is 0 Å². The number of carbonyl (C=O) groups excluding carboxylic acids is 1. The van der Waals surface area contributed by atoms with Crippen LogP contribution in [0.1, 0.15) is 30.3 Å². The van der Waals surface area contributed by atoms with Gasteiger partial charge in [-0.25, -0.2) is 4.98 Å². The van der Waals surface area contributed by atoms with E-state index in [1.807, 2.05) is 0 Å². The maximum absolute atomic E-state index is 11.1. The summed E-state index contributed by atoms with van der Waals surface area (Å²) in [4.78, 5) is 17.5. The number of anilines is 2. The SMILES string of the molecule is CC1CCN(c2nc(C(N)=O)ccc2N)CC1. The molecule has 0 radical (unpaired) electrons. The van der Waals surface area contributed by atoms with Crippen molar-refractivity contribution in [3.63, 3.8) is 0 Å². The molecule has 0 aromatic carbocycles. The maximum Gasteiger partial charge on any atom is 0.267 e. The zero-order chi connectivity index (χ0) is 12.4. The van der Waals surface area contributed by atoms with E-state index in [-0.39, 0.29) is 5.69 Å². The molecular weight excluding hydrogens is 216 g/mol. The van der Waals surface area contributed by atoms with Crippen LogP contribution in [-0.2, 0) is 0 Å². The molecule has 0 saturated carbocycles. The molecule has 5 nitrogen and oxygen atoms in total. The Kier molecular flexibility index (Phi) is 3.17. The van der Waals surface area contributed by atoms with E-state index >= 15 is 0 Å². The highest BCUT2D eigenvalue weighted by atomic mass is 16.1. The standard InChI is InChI=1S/C12H18N4O/c1-8-4-6-16(7-5-8)12-9(13)2-3-10(15-12)11(14)17/h2-3,8H,4-7,13H2,1H3,(H2,14,17). The van der Waals surface area contributed by atoms with Crippen molar-refractivity contribution in [2.45, 2.75) is 19.8 Å². The minimum Gasteiger partial charge on any atom is -0.396 e. The molecule has 2 rings (SSSR count). The van der Waals surface area contributed by atoms with Gasteiger partial charge in [-0.2, -0.15) is 0 Å². The van der Waals surface area contributed by atoms with E-state index in [2.05, 4.69) is 16.8 Å². The number of hydrogen-bond donors (Lipinski definition) is 2. The average Bonchev–Trinajstić information content (AvgIpc) is 2.31. The number of primary amides is 1. The highest BCUT2D eigenvalue weighted by Crippen LogP contribution is 2.26. The lowest BCUT2D eigenvalue weighted by Gasteiger charge is -2.32. The molecule has 1 amide bonds. The van der Waals surface area contributed by atoms with E-state index in [0.29, 0.717) is 11.5 Å². The fourth-order valence-electron chi connectivity index (χ4n) is 2.07. The van der Waals surface area contributed by atoms with Crippen LogP contribution < -0.4 is 16.4 Å². The number of piperidine rings is 1. The Balaban J connectivity index is 2.25. The minimum absolute atomic E-state index is 0.271. The Bertz CT molecular complexity index is 425. The van der Waals surface area contributed by atoms with Crippen LogP contribution in [0.5, 0.6) is 0 Å². The third kappa shape index (κ3) is 2.49. The molecule has 0 atom stereocenters. The first kappa shape index (κ1) is 11.7. The van der Waals surface area contributed by atoms with Crippen molar-refractivity contribution in [2.24, 2.45) is 11.7 Å². The number of aromatic nitrogens is 1. The van der Waals surface area contributed by atoms with Crippen molar-refractivity contribution in [3.05, 3.63) is 17.8 Å². The molecule has 1 aromatic rings. The zero-order valence-corrected chi connectivity index (χ0v) is 10.0. The number of carbonyl (C=O) groups is 1. The lowest BCUT2D eigenvalue weighted by Crippen LogP contribution is -2.34. The summed E-state index contributed by atoms with van der Waals surface area (Å²) in [5.41, 5.74) is 12.0. The van der Waals surface area contributed by atoms with E-state index in [9.17, 15) is 4.79 Å². The first-order valence-electron chi connectivity index (χ1n) is 5.89. The molecule has 0 aliphatic carbocycles. The van der Waals surface area contributed by atoms with Gasteiger partial charge in [0.2, 0.25) is 0 Å². The van der Waals surface area contributed by atoms with Crippen LogP contribution in [0.3, 0.4) is 0 Å². The molecule has 0 spiro atoms. The first-order chi connectivity index (χ1) is 8.08. The third-order valence-corrected chi connectivity index (χ3v) is 3.24. The predicted molar refractivity (Wildman–Crippen MR) is 67.8 cm³/mol. The van der Waals surface area contributed by atoms with E-state index in [1.165, 1.54) is 0 Å². The van der Waals surface area contributed by atoms with Crippen molar-refractivity contribution in [1.29, 1.82) is 0 Å². The molecular formula is C12H18N4O. The quantitative estimate of drug-likeness (QED) is 0.799. The average molecular weight is 234 g/mol. The summed E-state index contributed by atoms with van der Waals surface area (Å²) in [6, 6.07) is 3.26. The number of rotatable bonds is 2. The van der Waals surface area contributed by atoms with Crippen LogP contribution >= 0.6 is 0 Å². The Hall–Kier alpha value is -1.78. The van der Waals surface area contributed by atoms with Crippen molar-refractivity contribution in [3.8, 4) is 0 Å². The molecule has 0 bridgehead atoms. The summed E-state index contributed by atoms with van der Waals surface area (Å²) in [6.45, 7) is 4.11. The number of amides is 1. The van der Waals surface area contributed by atoms with Crippen molar-refractivity contribution >= 4 is 17.4 Å². The van der Waals surface area contributed by atoms with Gasteiger partial charge in [-0.3, -0.25) is 4.79 Å². The van der Waals surface area contributed by atoms with Crippen LogP contribution in [0.4, 0.5) is 11.5 Å². The minimum atomic E-state index is -0.517. The number of hydrogen-bond acceptors (Lipinski definition) is 4. The Morgan fingerprint density at radius 2 is 2.06 bits per heavy atom. The lowest BCUT2D eigenvalue weighted by atomic mass is 9.99. The largest absolute Gasteiger partial charge is 0.396 e. The van der Waals surface area contributed by atoms with Gasteiger partial charge in [-0.1, -0.05) is 6.92 Å². The van der Waals surface area contributed by atoms with Gasteiger partial charge >= 0.3 is 0 Å². The van der Waals surface area contributed by atoms with Crippen LogP contribution in [0.15, 0.2) is 12.1 Å². The molecule has 5 heteroatoms. The van der Waals surface area contributed by atoms with Gasteiger partial charge < -0.3 is 16.4 Å². The monoisotopic (exact) mass is 234 g/mol. The smallest absolute Gasteiger partial charge is 0.267 e. The van der Waals surface area contributed by atoms with E-state index in [1.54, 1.807) is 12.1 Å². The van der Waals surface area contributed by atoms with E-state index in [0.717, 1.165) is 31.8 Å². The molecule has 92 valence electrons. The molecule has 2 heterocycles. The molecule has 17 heavy (non-hydrogen) atoms. The molecule has 1 aromatic heterocycles. The van der Waals surface area contributed by atoms with Crippen LogP contribution in [-0.4, -0.2) is 24.0 Å². The van der Waals surface area contributed by atoms with E-state index in [4.69, 9.17) is 11.5 Å². The van der Waals surface area contributed by atoms with Gasteiger partial charge in [0, 0.05) is 13.1 Å². The number of nitrogen functional groups attached to an aromatic ring is 1. The van der Waals surface area contributed by atoms with Crippen molar-refractivity contribution < 1.29 is 4.79 Å². The molecule has 0 unspecified atom stereocenters. The first-order valence-corrected chi connectivity index (χ1v) is 5.89. The van der Waals surface area contributed by atoms with Gasteiger partial charge in [0.25, 0.3) is 5.91 Å². The number of nitrogens with two attached hydrogens (primary N) is 2. The van der Waals surface area contributed by atoms with E-state index < -0.39 is 5.91 Å². The molecule has 4 N–H and O–H groups in total. The predicted octanol–water partition coefficient (Wildman–Crippen LogP) is 0.999. The fourth-order valence-corrected chi connectivity index (χ4v) is 2.07. The summed E-state index contributed by atoms with van der Waals surface area (Å²) in [5.74, 6) is 0.914. The summed E-state index contributed by atoms with van der Waals surface area (Å²) in [5, 5.41) is 0. The molecule has 1 aliphatic heterocycles. The van der Waals surface area contributed by atoms with Crippen molar-refractivity contribution in [1.82, 2.24) is 4.98 Å². The maximum atomic E-state index is 11.1. The Morgan fingerprint density at radius 3 is 2.65 bits per heavy atom. The summed E-state index contributed by atoms with van der Waals surface area (Å²) >= 11 is 0. The molecule has 1 fully saturated rings. The van der Waals surface area contributed by atoms with Gasteiger partial charge in [-0.05, 0) is 30.9 Å².